The molecule has 2 N–H and O–H groups in total. The van der Waals surface area contributed by atoms with E-state index in [1.54, 1.807) is 0 Å². The lowest BCUT2D eigenvalue weighted by Gasteiger charge is -2.31. The molecule has 1 saturated heterocycles. The van der Waals surface area contributed by atoms with Gasteiger partial charge in [-0.2, -0.15) is 0 Å². The Balaban J connectivity index is 1.85. The average Bonchev–Trinajstić information content (AvgIpc) is 3.09. The van der Waals surface area contributed by atoms with Gasteiger partial charge in [0.05, 0.1) is 0 Å². The van der Waals surface area contributed by atoms with Gasteiger partial charge in [0.1, 0.15) is 0 Å². The fraction of sp³-hybridized carbons (Fsp3) is 0.350. The van der Waals surface area contributed by atoms with Crippen molar-refractivity contribution in [1.29, 1.82) is 0 Å². The zero-order chi connectivity index (χ0) is 16.1. The summed E-state index contributed by atoms with van der Waals surface area (Å²) in [5.41, 5.74) is 2.02. The number of benzene rings is 2. The molecule has 0 radical (unpaired) electrons. The fourth-order valence-electron chi connectivity index (χ4n) is 3.36. The molecule has 0 bridgehead atoms. The first-order valence-corrected chi connectivity index (χ1v) is 8.29. The average molecular weight is 308 g/mol. The first kappa shape index (κ1) is 15.8. The van der Waals surface area contributed by atoms with Gasteiger partial charge >= 0.3 is 0 Å². The van der Waals surface area contributed by atoms with Crippen LogP contribution in [0.15, 0.2) is 60.7 Å². The Morgan fingerprint density at radius 1 is 1.09 bits per heavy atom. The molecular weight excluding hydrogens is 284 g/mol. The van der Waals surface area contributed by atoms with Crippen LogP contribution >= 0.6 is 0 Å². The van der Waals surface area contributed by atoms with Crippen molar-refractivity contribution in [3.63, 3.8) is 0 Å². The Kier molecular flexibility index (Phi) is 4.77. The first-order valence-electron chi connectivity index (χ1n) is 8.29. The lowest BCUT2D eigenvalue weighted by atomic mass is 9.73. The van der Waals surface area contributed by atoms with E-state index in [9.17, 15) is 4.79 Å². The molecule has 3 heteroatoms. The molecule has 1 aliphatic rings. The third-order valence-electron chi connectivity index (χ3n) is 4.76. The molecule has 0 spiro atoms. The van der Waals surface area contributed by atoms with Gasteiger partial charge in [0.25, 0.3) is 0 Å². The van der Waals surface area contributed by atoms with Gasteiger partial charge < -0.3 is 10.6 Å². The van der Waals surface area contributed by atoms with E-state index >= 15 is 0 Å². The normalized spacial score (nSPS) is 17.9. The summed E-state index contributed by atoms with van der Waals surface area (Å²) in [7, 11) is 0. The van der Waals surface area contributed by atoms with Gasteiger partial charge in [-0.3, -0.25) is 4.79 Å². The van der Waals surface area contributed by atoms with Crippen LogP contribution in [0.4, 0.5) is 0 Å². The van der Waals surface area contributed by atoms with Crippen LogP contribution in [0.2, 0.25) is 0 Å². The Hall–Kier alpha value is -2.13. The van der Waals surface area contributed by atoms with E-state index in [0.717, 1.165) is 19.5 Å². The van der Waals surface area contributed by atoms with Crippen molar-refractivity contribution < 1.29 is 4.79 Å². The quantitative estimate of drug-likeness (QED) is 0.892. The second kappa shape index (κ2) is 6.97. The van der Waals surface area contributed by atoms with Gasteiger partial charge in [-0.25, -0.2) is 0 Å². The highest BCUT2D eigenvalue weighted by atomic mass is 16.1. The van der Waals surface area contributed by atoms with Crippen LogP contribution in [-0.4, -0.2) is 25.0 Å². The second-order valence-corrected chi connectivity index (χ2v) is 6.50. The molecule has 2 aromatic carbocycles. The monoisotopic (exact) mass is 308 g/mol. The van der Waals surface area contributed by atoms with Crippen LogP contribution in [0, 0.1) is 0 Å². The smallest absolute Gasteiger partial charge is 0.221 e. The van der Waals surface area contributed by atoms with Crippen molar-refractivity contribution in [2.75, 3.05) is 13.1 Å². The summed E-state index contributed by atoms with van der Waals surface area (Å²) in [6.07, 6.45) is 1.47. The maximum atomic E-state index is 12.6. The maximum Gasteiger partial charge on any atom is 0.221 e. The van der Waals surface area contributed by atoms with Gasteiger partial charge in [0, 0.05) is 24.4 Å². The SMILES string of the molecule is CC(CC(=O)NC1CCNC1)(c1ccccc1)c1ccccc1. The number of carbonyl (C=O) groups is 1. The van der Waals surface area contributed by atoms with Crippen LogP contribution in [0.1, 0.15) is 30.9 Å². The van der Waals surface area contributed by atoms with Crippen molar-refractivity contribution in [3.8, 4) is 0 Å². The number of hydrogen-bond acceptors (Lipinski definition) is 2. The highest BCUT2D eigenvalue weighted by molar-refractivity contribution is 5.79. The van der Waals surface area contributed by atoms with Crippen LogP contribution < -0.4 is 10.6 Å². The van der Waals surface area contributed by atoms with Gasteiger partial charge in [-0.15, -0.1) is 0 Å². The van der Waals surface area contributed by atoms with Gasteiger partial charge in [-0.1, -0.05) is 67.6 Å². The Morgan fingerprint density at radius 3 is 2.13 bits per heavy atom. The van der Waals surface area contributed by atoms with E-state index in [1.165, 1.54) is 11.1 Å². The van der Waals surface area contributed by atoms with Crippen LogP contribution in [0.25, 0.3) is 0 Å². The fourth-order valence-corrected chi connectivity index (χ4v) is 3.36. The van der Waals surface area contributed by atoms with Gasteiger partial charge in [0.15, 0.2) is 0 Å². The van der Waals surface area contributed by atoms with E-state index in [4.69, 9.17) is 0 Å². The Labute approximate surface area is 138 Å². The molecule has 1 unspecified atom stereocenters. The zero-order valence-electron chi connectivity index (χ0n) is 13.6. The highest BCUT2D eigenvalue weighted by Crippen LogP contribution is 2.35. The van der Waals surface area contributed by atoms with Gasteiger partial charge in [0.2, 0.25) is 5.91 Å². The molecule has 1 aliphatic heterocycles. The minimum absolute atomic E-state index is 0.119. The van der Waals surface area contributed by atoms with Crippen molar-refractivity contribution in [3.05, 3.63) is 71.8 Å². The molecule has 1 amide bonds. The standard InChI is InChI=1S/C20H24N2O/c1-20(16-8-4-2-5-9-16,17-10-6-3-7-11-17)14-19(23)22-18-12-13-21-15-18/h2-11,18,21H,12-15H2,1H3,(H,22,23). The maximum absolute atomic E-state index is 12.6. The number of rotatable bonds is 5. The molecule has 2 aromatic rings. The third kappa shape index (κ3) is 3.62. The largest absolute Gasteiger partial charge is 0.352 e. The molecule has 1 heterocycles. The van der Waals surface area contributed by atoms with E-state index in [1.807, 2.05) is 36.4 Å². The summed E-state index contributed by atoms with van der Waals surface area (Å²) >= 11 is 0. The number of nitrogens with one attached hydrogen (secondary N) is 2. The van der Waals surface area contributed by atoms with E-state index in [-0.39, 0.29) is 17.4 Å². The minimum atomic E-state index is -0.321. The number of hydrogen-bond donors (Lipinski definition) is 2. The van der Waals surface area contributed by atoms with E-state index in [2.05, 4.69) is 41.8 Å². The van der Waals surface area contributed by atoms with Crippen molar-refractivity contribution in [2.24, 2.45) is 0 Å². The molecule has 3 nitrogen and oxygen atoms in total. The summed E-state index contributed by atoms with van der Waals surface area (Å²) in [6, 6.07) is 20.9. The number of carbonyl (C=O) groups excluding carboxylic acids is 1. The lowest BCUT2D eigenvalue weighted by Crippen LogP contribution is -2.40. The molecule has 0 aromatic heterocycles. The predicted molar refractivity (Wildman–Crippen MR) is 93.4 cm³/mol. The molecule has 120 valence electrons. The van der Waals surface area contributed by atoms with Crippen molar-refractivity contribution in [1.82, 2.24) is 10.6 Å². The van der Waals surface area contributed by atoms with Crippen molar-refractivity contribution >= 4 is 5.91 Å². The lowest BCUT2D eigenvalue weighted by molar-refractivity contribution is -0.122. The Morgan fingerprint density at radius 2 is 1.65 bits per heavy atom. The highest BCUT2D eigenvalue weighted by Gasteiger charge is 2.32. The van der Waals surface area contributed by atoms with Crippen LogP contribution in [0.5, 0.6) is 0 Å². The molecule has 23 heavy (non-hydrogen) atoms. The predicted octanol–water partition coefficient (Wildman–Crippen LogP) is 2.86. The Bertz CT molecular complexity index is 594. The summed E-state index contributed by atoms with van der Waals surface area (Å²) in [6.45, 7) is 4.02. The number of amides is 1. The van der Waals surface area contributed by atoms with E-state index < -0.39 is 0 Å². The summed E-state index contributed by atoms with van der Waals surface area (Å²) in [5, 5.41) is 6.46. The molecular formula is C20H24N2O. The van der Waals surface area contributed by atoms with Gasteiger partial charge in [-0.05, 0) is 24.1 Å². The summed E-state index contributed by atoms with van der Waals surface area (Å²) in [4.78, 5) is 12.6. The zero-order valence-corrected chi connectivity index (χ0v) is 13.6. The van der Waals surface area contributed by atoms with Crippen LogP contribution in [0.3, 0.4) is 0 Å². The molecule has 0 aliphatic carbocycles. The molecule has 3 rings (SSSR count). The summed E-state index contributed by atoms with van der Waals surface area (Å²) in [5.74, 6) is 0.119. The first-order chi connectivity index (χ1) is 11.2. The van der Waals surface area contributed by atoms with Crippen LogP contribution in [-0.2, 0) is 10.2 Å². The van der Waals surface area contributed by atoms with E-state index in [0.29, 0.717) is 6.42 Å². The molecule has 0 saturated carbocycles. The molecule has 1 fully saturated rings. The van der Waals surface area contributed by atoms with Crippen molar-refractivity contribution in [2.45, 2.75) is 31.2 Å². The molecule has 1 atom stereocenters. The second-order valence-electron chi connectivity index (χ2n) is 6.50. The summed E-state index contributed by atoms with van der Waals surface area (Å²) < 4.78 is 0. The third-order valence-corrected chi connectivity index (χ3v) is 4.76. The topological polar surface area (TPSA) is 41.1 Å². The minimum Gasteiger partial charge on any atom is -0.352 e.